The maximum Gasteiger partial charge on any atom is 0.208 e. The Morgan fingerprint density at radius 1 is 0.786 bits per heavy atom. The van der Waals surface area contributed by atoms with Gasteiger partial charge in [-0.25, -0.2) is 8.42 Å². The number of ether oxygens (including phenoxy) is 2. The number of rotatable bonds is 17. The zero-order chi connectivity index (χ0) is 30.0. The van der Waals surface area contributed by atoms with E-state index in [1.807, 2.05) is 24.4 Å². The standard InChI is InChI=1S/C35H46N2O4S/c1-5-7-21-36(22-8-6-2)23-11-25-40-30-14-17-32(18-15-30)42(38,39)35-20-24-37-26-31(16-19-34(35)37)41-27-29-12-9-10-13-33(29)28(3)4/h9-10,12-20,24,26,28H,5-8,11,21-23,25,27H2,1-4H3. The van der Waals surface area contributed by atoms with Crippen molar-refractivity contribution in [3.63, 3.8) is 0 Å². The fourth-order valence-corrected chi connectivity index (χ4v) is 6.62. The Morgan fingerprint density at radius 2 is 1.45 bits per heavy atom. The van der Waals surface area contributed by atoms with Gasteiger partial charge in [0.25, 0.3) is 0 Å². The van der Waals surface area contributed by atoms with E-state index in [4.69, 9.17) is 9.47 Å². The summed E-state index contributed by atoms with van der Waals surface area (Å²) in [5, 5.41) is 0. The van der Waals surface area contributed by atoms with Crippen molar-refractivity contribution in [1.29, 1.82) is 0 Å². The molecule has 2 aromatic carbocycles. The lowest BCUT2D eigenvalue weighted by molar-refractivity contribution is 0.229. The number of nitrogens with zero attached hydrogens (tertiary/aromatic N) is 2. The third-order valence-electron chi connectivity index (χ3n) is 7.63. The molecule has 2 heterocycles. The molecule has 0 N–H and O–H groups in total. The molecule has 0 unspecified atom stereocenters. The number of hydrogen-bond donors (Lipinski definition) is 0. The van der Waals surface area contributed by atoms with Crippen molar-refractivity contribution in [2.45, 2.75) is 82.1 Å². The van der Waals surface area contributed by atoms with Crippen LogP contribution in [0.2, 0.25) is 0 Å². The number of aromatic nitrogens is 1. The van der Waals surface area contributed by atoms with Crippen molar-refractivity contribution in [1.82, 2.24) is 9.30 Å². The highest BCUT2D eigenvalue weighted by Gasteiger charge is 2.22. The molecular weight excluding hydrogens is 544 g/mol. The van der Waals surface area contributed by atoms with Crippen molar-refractivity contribution in [3.8, 4) is 11.5 Å². The molecule has 0 bridgehead atoms. The summed E-state index contributed by atoms with van der Waals surface area (Å²) in [5.74, 6) is 1.78. The summed E-state index contributed by atoms with van der Waals surface area (Å²) in [7, 11) is -3.70. The Bertz CT molecular complexity index is 1500. The molecule has 2 aromatic heterocycles. The summed E-state index contributed by atoms with van der Waals surface area (Å²) in [6, 6.07) is 20.3. The maximum atomic E-state index is 13.5. The molecule has 0 aliphatic heterocycles. The monoisotopic (exact) mass is 590 g/mol. The molecular formula is C35H46N2O4S. The lowest BCUT2D eigenvalue weighted by Crippen LogP contribution is -2.28. The lowest BCUT2D eigenvalue weighted by Gasteiger charge is -2.21. The summed E-state index contributed by atoms with van der Waals surface area (Å²) in [5.41, 5.74) is 3.03. The van der Waals surface area contributed by atoms with E-state index in [0.717, 1.165) is 31.6 Å². The van der Waals surface area contributed by atoms with Gasteiger partial charge in [-0.05, 0) is 91.9 Å². The fourth-order valence-electron chi connectivity index (χ4n) is 5.18. The second kappa shape index (κ2) is 15.3. The molecule has 0 aliphatic carbocycles. The molecule has 0 radical (unpaired) electrons. The number of sulfone groups is 1. The van der Waals surface area contributed by atoms with E-state index in [9.17, 15) is 8.42 Å². The van der Waals surface area contributed by atoms with E-state index < -0.39 is 9.84 Å². The van der Waals surface area contributed by atoms with Gasteiger partial charge in [0.05, 0.1) is 28.1 Å². The molecule has 0 saturated heterocycles. The van der Waals surface area contributed by atoms with Gasteiger partial charge in [0.1, 0.15) is 18.1 Å². The Kier molecular flexibility index (Phi) is 11.5. The first kappa shape index (κ1) is 31.6. The largest absolute Gasteiger partial charge is 0.494 e. The van der Waals surface area contributed by atoms with Crippen LogP contribution in [0, 0.1) is 0 Å². The smallest absolute Gasteiger partial charge is 0.208 e. The van der Waals surface area contributed by atoms with Crippen LogP contribution in [0.5, 0.6) is 11.5 Å². The molecule has 0 amide bonds. The van der Waals surface area contributed by atoms with Crippen LogP contribution in [0.1, 0.15) is 76.8 Å². The van der Waals surface area contributed by atoms with Gasteiger partial charge in [-0.1, -0.05) is 64.8 Å². The second-order valence-electron chi connectivity index (χ2n) is 11.2. The SMILES string of the molecule is CCCCN(CCCC)CCCOc1ccc(S(=O)(=O)c2ccn3cc(OCc4ccccc4C(C)C)ccc23)cc1. The van der Waals surface area contributed by atoms with Crippen molar-refractivity contribution >= 4 is 15.4 Å². The zero-order valence-corrected chi connectivity index (χ0v) is 26.4. The van der Waals surface area contributed by atoms with Crippen LogP contribution < -0.4 is 9.47 Å². The minimum Gasteiger partial charge on any atom is -0.494 e. The highest BCUT2D eigenvalue weighted by molar-refractivity contribution is 7.91. The molecule has 7 heteroatoms. The first-order chi connectivity index (χ1) is 20.3. The summed E-state index contributed by atoms with van der Waals surface area (Å²) in [4.78, 5) is 3.04. The quantitative estimate of drug-likeness (QED) is 0.116. The third kappa shape index (κ3) is 8.17. The summed E-state index contributed by atoms with van der Waals surface area (Å²) < 4.78 is 40.9. The van der Waals surface area contributed by atoms with Crippen LogP contribution in [0.4, 0.5) is 0 Å². The van der Waals surface area contributed by atoms with Crippen LogP contribution in [-0.2, 0) is 16.4 Å². The van der Waals surface area contributed by atoms with Gasteiger partial charge in [-0.3, -0.25) is 0 Å². The van der Waals surface area contributed by atoms with Gasteiger partial charge in [0.15, 0.2) is 0 Å². The highest BCUT2D eigenvalue weighted by atomic mass is 32.2. The third-order valence-corrected chi connectivity index (χ3v) is 9.44. The van der Waals surface area contributed by atoms with E-state index in [1.165, 1.54) is 31.2 Å². The number of hydrogen-bond acceptors (Lipinski definition) is 5. The number of unbranched alkanes of at least 4 members (excludes halogenated alkanes) is 2. The molecule has 0 spiro atoms. The average molecular weight is 591 g/mol. The molecule has 6 nitrogen and oxygen atoms in total. The van der Waals surface area contributed by atoms with E-state index in [-0.39, 0.29) is 9.79 Å². The van der Waals surface area contributed by atoms with Gasteiger partial charge in [-0.15, -0.1) is 0 Å². The first-order valence-corrected chi connectivity index (χ1v) is 16.8. The van der Waals surface area contributed by atoms with E-state index >= 15 is 0 Å². The van der Waals surface area contributed by atoms with E-state index in [0.29, 0.717) is 36.1 Å². The molecule has 0 saturated carbocycles. The first-order valence-electron chi connectivity index (χ1n) is 15.3. The van der Waals surface area contributed by atoms with Gasteiger partial charge in [-0.2, -0.15) is 0 Å². The van der Waals surface area contributed by atoms with Gasteiger partial charge in [0.2, 0.25) is 9.84 Å². The summed E-state index contributed by atoms with van der Waals surface area (Å²) in [6.07, 6.45) is 9.39. The van der Waals surface area contributed by atoms with Crippen molar-refractivity contribution in [3.05, 3.63) is 90.3 Å². The Balaban J connectivity index is 1.37. The average Bonchev–Trinajstić information content (AvgIpc) is 3.44. The molecule has 0 fully saturated rings. The van der Waals surface area contributed by atoms with Crippen LogP contribution in [0.3, 0.4) is 0 Å². The van der Waals surface area contributed by atoms with Gasteiger partial charge < -0.3 is 18.8 Å². The van der Waals surface area contributed by atoms with Gasteiger partial charge >= 0.3 is 0 Å². The molecule has 0 atom stereocenters. The normalized spacial score (nSPS) is 12.0. The highest BCUT2D eigenvalue weighted by Crippen LogP contribution is 2.29. The predicted molar refractivity (Wildman–Crippen MR) is 171 cm³/mol. The Morgan fingerprint density at radius 3 is 2.14 bits per heavy atom. The minimum absolute atomic E-state index is 0.249. The van der Waals surface area contributed by atoms with Crippen molar-refractivity contribution in [2.24, 2.45) is 0 Å². The number of benzene rings is 2. The maximum absolute atomic E-state index is 13.5. The molecule has 4 aromatic rings. The number of pyridine rings is 1. The Labute approximate surface area is 252 Å². The van der Waals surface area contributed by atoms with Crippen LogP contribution >= 0.6 is 0 Å². The predicted octanol–water partition coefficient (Wildman–Crippen LogP) is 8.15. The minimum atomic E-state index is -3.70. The lowest BCUT2D eigenvalue weighted by atomic mass is 9.98. The van der Waals surface area contributed by atoms with Crippen LogP contribution in [-0.4, -0.2) is 44.0 Å². The second-order valence-corrected chi connectivity index (χ2v) is 13.1. The van der Waals surface area contributed by atoms with E-state index in [1.54, 1.807) is 47.0 Å². The molecule has 0 aliphatic rings. The van der Waals surface area contributed by atoms with Crippen LogP contribution in [0.25, 0.3) is 5.52 Å². The summed E-state index contributed by atoms with van der Waals surface area (Å²) in [6.45, 7) is 13.2. The van der Waals surface area contributed by atoms with E-state index in [2.05, 4.69) is 44.7 Å². The zero-order valence-electron chi connectivity index (χ0n) is 25.6. The number of fused-ring (bicyclic) bond motifs is 1. The van der Waals surface area contributed by atoms with Crippen LogP contribution in [0.15, 0.2) is 88.9 Å². The topological polar surface area (TPSA) is 60.2 Å². The molecule has 4 rings (SSSR count). The Hall–Kier alpha value is -3.29. The van der Waals surface area contributed by atoms with Crippen molar-refractivity contribution < 1.29 is 17.9 Å². The summed E-state index contributed by atoms with van der Waals surface area (Å²) >= 11 is 0. The van der Waals surface area contributed by atoms with Crippen molar-refractivity contribution in [2.75, 3.05) is 26.2 Å². The fraction of sp³-hybridized carbons (Fsp3) is 0.429. The molecule has 42 heavy (non-hydrogen) atoms. The molecule has 226 valence electrons. The van der Waals surface area contributed by atoms with Gasteiger partial charge in [0, 0.05) is 12.7 Å².